The van der Waals surface area contributed by atoms with Gasteiger partial charge in [0.25, 0.3) is 0 Å². The molecule has 1 N–H and O–H groups in total. The predicted molar refractivity (Wildman–Crippen MR) is 97.3 cm³/mol. The summed E-state index contributed by atoms with van der Waals surface area (Å²) in [5.41, 5.74) is 0.615. The Labute approximate surface area is 145 Å². The van der Waals surface area contributed by atoms with Crippen molar-refractivity contribution in [1.82, 2.24) is 0 Å². The van der Waals surface area contributed by atoms with E-state index in [4.69, 9.17) is 9.47 Å². The van der Waals surface area contributed by atoms with Crippen LogP contribution in [0.4, 0.5) is 5.69 Å². The maximum Gasteiger partial charge on any atom is 0.247 e. The average Bonchev–Trinajstić information content (AvgIpc) is 2.63. The van der Waals surface area contributed by atoms with Crippen LogP contribution in [0.1, 0.15) is 6.42 Å². The molecule has 0 radical (unpaired) electrons. The van der Waals surface area contributed by atoms with Crippen molar-refractivity contribution in [1.29, 1.82) is 0 Å². The topological polar surface area (TPSA) is 72.3 Å². The third-order valence-electron chi connectivity index (χ3n) is 3.32. The first-order chi connectivity index (χ1) is 12.2. The van der Waals surface area contributed by atoms with Gasteiger partial charge in [0.1, 0.15) is 17.8 Å². The van der Waals surface area contributed by atoms with Crippen LogP contribution in [0.25, 0.3) is 0 Å². The number of carbonyl (C=O) groups excluding carboxylic acids is 1. The van der Waals surface area contributed by atoms with Gasteiger partial charge in [0.2, 0.25) is 11.8 Å². The number of hydrogen-bond donors (Lipinski definition) is 1. The van der Waals surface area contributed by atoms with E-state index in [0.717, 1.165) is 5.75 Å². The quantitative estimate of drug-likeness (QED) is 0.851. The molecule has 6 nitrogen and oxygen atoms in total. The van der Waals surface area contributed by atoms with Gasteiger partial charge < -0.3 is 14.8 Å². The second-order valence-corrected chi connectivity index (χ2v) is 5.20. The van der Waals surface area contributed by atoms with Crippen LogP contribution in [0.5, 0.6) is 11.5 Å². The number of ether oxygens (including phenoxy) is 2. The normalized spacial score (nSPS) is 15.8. The Bertz CT molecular complexity index is 816. The van der Waals surface area contributed by atoms with E-state index in [1.165, 1.54) is 12.4 Å². The fourth-order valence-corrected chi connectivity index (χ4v) is 2.19. The van der Waals surface area contributed by atoms with Crippen LogP contribution in [0, 0.1) is 0 Å². The van der Waals surface area contributed by atoms with Crippen molar-refractivity contribution < 1.29 is 14.3 Å². The van der Waals surface area contributed by atoms with E-state index in [9.17, 15) is 4.79 Å². The lowest BCUT2D eigenvalue weighted by Gasteiger charge is -2.18. The number of nitrogens with one attached hydrogen (secondary N) is 1. The molecular formula is C19H17N3O3. The number of anilines is 1. The Morgan fingerprint density at radius 2 is 1.96 bits per heavy atom. The van der Waals surface area contributed by atoms with Crippen molar-refractivity contribution in [3.63, 3.8) is 0 Å². The molecule has 0 saturated carbocycles. The number of carbonyl (C=O) groups is 1. The summed E-state index contributed by atoms with van der Waals surface area (Å²) < 4.78 is 11.6. The summed E-state index contributed by atoms with van der Waals surface area (Å²) in [7, 11) is 0. The second kappa shape index (κ2) is 7.92. The zero-order valence-electron chi connectivity index (χ0n) is 13.5. The summed E-state index contributed by atoms with van der Waals surface area (Å²) in [6.07, 6.45) is 2.66. The van der Waals surface area contributed by atoms with E-state index in [1.807, 2.05) is 30.3 Å². The Morgan fingerprint density at radius 3 is 2.76 bits per heavy atom. The molecule has 0 spiro atoms. The van der Waals surface area contributed by atoms with Gasteiger partial charge in [-0.05, 0) is 30.3 Å². The minimum Gasteiger partial charge on any atom is -0.468 e. The van der Waals surface area contributed by atoms with E-state index < -0.39 is 6.23 Å². The Hall–Kier alpha value is -3.41. The van der Waals surface area contributed by atoms with Gasteiger partial charge in [0.05, 0.1) is 6.42 Å². The molecular weight excluding hydrogens is 318 g/mol. The van der Waals surface area contributed by atoms with Gasteiger partial charge in [-0.3, -0.25) is 4.79 Å². The summed E-state index contributed by atoms with van der Waals surface area (Å²) >= 11 is 0. The summed E-state index contributed by atoms with van der Waals surface area (Å²) in [5, 5.41) is 2.68. The number of rotatable bonds is 5. The van der Waals surface area contributed by atoms with Crippen molar-refractivity contribution in [3.8, 4) is 11.5 Å². The SMILES string of the molecule is C=CC(=O)Nc1cccc(OC2=NC=NC(Oc3ccccc3)C2)c1. The van der Waals surface area contributed by atoms with Crippen molar-refractivity contribution in [2.45, 2.75) is 12.6 Å². The summed E-state index contributed by atoms with van der Waals surface area (Å²) in [5.74, 6) is 1.51. The molecule has 126 valence electrons. The zero-order chi connectivity index (χ0) is 17.5. The van der Waals surface area contributed by atoms with Gasteiger partial charge in [-0.15, -0.1) is 0 Å². The first-order valence-electron chi connectivity index (χ1n) is 7.74. The van der Waals surface area contributed by atoms with Gasteiger partial charge in [-0.1, -0.05) is 30.8 Å². The van der Waals surface area contributed by atoms with Crippen LogP contribution in [-0.2, 0) is 4.79 Å². The summed E-state index contributed by atoms with van der Waals surface area (Å²) in [6.45, 7) is 3.42. The highest BCUT2D eigenvalue weighted by Gasteiger charge is 2.17. The van der Waals surface area contributed by atoms with E-state index in [-0.39, 0.29) is 5.91 Å². The standard InChI is InChI=1S/C19H17N3O3/c1-2-17(23)22-14-7-6-10-16(11-14)25-19-12-18(20-13-21-19)24-15-8-4-3-5-9-15/h2-11,13,18H,1,12H2,(H,22,23). The van der Waals surface area contributed by atoms with E-state index >= 15 is 0 Å². The molecule has 1 atom stereocenters. The number of benzene rings is 2. The van der Waals surface area contributed by atoms with Gasteiger partial charge in [-0.2, -0.15) is 0 Å². The van der Waals surface area contributed by atoms with Crippen LogP contribution >= 0.6 is 0 Å². The van der Waals surface area contributed by atoms with Gasteiger partial charge in [0.15, 0.2) is 6.23 Å². The molecule has 2 aromatic rings. The molecule has 0 bridgehead atoms. The first kappa shape index (κ1) is 16.4. The largest absolute Gasteiger partial charge is 0.468 e. The summed E-state index contributed by atoms with van der Waals surface area (Å²) in [6, 6.07) is 16.5. The molecule has 0 fully saturated rings. The minimum atomic E-state index is -0.390. The molecule has 25 heavy (non-hydrogen) atoms. The molecule has 1 heterocycles. The molecule has 1 aliphatic rings. The molecule has 0 saturated heterocycles. The molecule has 1 unspecified atom stereocenters. The first-order valence-corrected chi connectivity index (χ1v) is 7.74. The minimum absolute atomic E-state index is 0.282. The zero-order valence-corrected chi connectivity index (χ0v) is 13.5. The lowest BCUT2D eigenvalue weighted by atomic mass is 10.3. The van der Waals surface area contributed by atoms with Crippen LogP contribution in [0.15, 0.2) is 77.2 Å². The Morgan fingerprint density at radius 1 is 1.16 bits per heavy atom. The van der Waals surface area contributed by atoms with Crippen LogP contribution < -0.4 is 14.8 Å². The van der Waals surface area contributed by atoms with E-state index in [2.05, 4.69) is 21.9 Å². The number of nitrogens with zero attached hydrogens (tertiary/aromatic N) is 2. The molecule has 0 aromatic heterocycles. The highest BCUT2D eigenvalue weighted by Crippen LogP contribution is 2.20. The highest BCUT2D eigenvalue weighted by atomic mass is 16.5. The predicted octanol–water partition coefficient (Wildman–Crippen LogP) is 3.43. The third kappa shape index (κ3) is 4.78. The Kier molecular flexibility index (Phi) is 5.21. The van der Waals surface area contributed by atoms with Crippen LogP contribution in [0.3, 0.4) is 0 Å². The van der Waals surface area contributed by atoms with E-state index in [1.54, 1.807) is 24.3 Å². The second-order valence-electron chi connectivity index (χ2n) is 5.20. The molecule has 1 aliphatic heterocycles. The average molecular weight is 335 g/mol. The maximum absolute atomic E-state index is 11.4. The number of aliphatic imine (C=N–C) groups is 2. The van der Waals surface area contributed by atoms with Crippen molar-refractivity contribution in [3.05, 3.63) is 67.3 Å². The van der Waals surface area contributed by atoms with Crippen molar-refractivity contribution in [2.75, 3.05) is 5.32 Å². The van der Waals surface area contributed by atoms with Gasteiger partial charge in [0, 0.05) is 11.8 Å². The van der Waals surface area contributed by atoms with Gasteiger partial charge >= 0.3 is 0 Å². The van der Waals surface area contributed by atoms with Crippen LogP contribution in [0.2, 0.25) is 0 Å². The molecule has 1 amide bonds. The lowest BCUT2D eigenvalue weighted by Crippen LogP contribution is -2.25. The van der Waals surface area contributed by atoms with Crippen molar-refractivity contribution in [2.24, 2.45) is 9.98 Å². The van der Waals surface area contributed by atoms with Gasteiger partial charge in [-0.25, -0.2) is 9.98 Å². The summed E-state index contributed by atoms with van der Waals surface area (Å²) in [4.78, 5) is 19.7. The number of para-hydroxylation sites is 1. The third-order valence-corrected chi connectivity index (χ3v) is 3.32. The monoisotopic (exact) mass is 335 g/mol. The lowest BCUT2D eigenvalue weighted by molar-refractivity contribution is -0.111. The van der Waals surface area contributed by atoms with Crippen molar-refractivity contribution >= 4 is 23.8 Å². The van der Waals surface area contributed by atoms with Crippen LogP contribution in [-0.4, -0.2) is 24.4 Å². The number of amides is 1. The fourth-order valence-electron chi connectivity index (χ4n) is 2.19. The molecule has 2 aromatic carbocycles. The molecule has 6 heteroatoms. The fraction of sp³-hybridized carbons (Fsp3) is 0.105. The molecule has 0 aliphatic carbocycles. The maximum atomic E-state index is 11.4. The molecule has 3 rings (SSSR count). The number of hydrogen-bond acceptors (Lipinski definition) is 5. The Balaban J connectivity index is 1.62. The highest BCUT2D eigenvalue weighted by molar-refractivity contribution is 5.99. The van der Waals surface area contributed by atoms with E-state index in [0.29, 0.717) is 23.8 Å². The smallest absolute Gasteiger partial charge is 0.247 e.